The van der Waals surface area contributed by atoms with Gasteiger partial charge in [0.1, 0.15) is 0 Å². The minimum absolute atomic E-state index is 0.0237. The van der Waals surface area contributed by atoms with E-state index in [1.54, 1.807) is 30.3 Å². The number of amides is 2. The first-order chi connectivity index (χ1) is 12.3. The second-order valence-electron chi connectivity index (χ2n) is 6.86. The van der Waals surface area contributed by atoms with Crippen molar-refractivity contribution in [3.63, 3.8) is 0 Å². The van der Waals surface area contributed by atoms with Crippen LogP contribution in [-0.4, -0.2) is 24.6 Å². The number of hydrogen-bond donors (Lipinski definition) is 2. The molecule has 5 nitrogen and oxygen atoms in total. The topological polar surface area (TPSA) is 70.6 Å². The van der Waals surface area contributed by atoms with Gasteiger partial charge in [-0.1, -0.05) is 56.6 Å². The number of carbonyl (C=O) groups is 2. The van der Waals surface area contributed by atoms with Crippen molar-refractivity contribution in [2.24, 2.45) is 5.10 Å². The Kier molecular flexibility index (Phi) is 6.52. The summed E-state index contributed by atoms with van der Waals surface area (Å²) in [6.45, 7) is 6.16. The molecule has 0 radical (unpaired) electrons. The van der Waals surface area contributed by atoms with Gasteiger partial charge in [-0.25, -0.2) is 5.43 Å². The van der Waals surface area contributed by atoms with Crippen LogP contribution >= 0.6 is 11.6 Å². The monoisotopic (exact) mass is 371 g/mol. The fraction of sp³-hybridized carbons (Fsp3) is 0.250. The number of nitrogens with zero attached hydrogens (tertiary/aromatic N) is 1. The van der Waals surface area contributed by atoms with E-state index in [0.29, 0.717) is 10.6 Å². The lowest BCUT2D eigenvalue weighted by Crippen LogP contribution is -2.34. The predicted molar refractivity (Wildman–Crippen MR) is 105 cm³/mol. The molecule has 0 aromatic heterocycles. The summed E-state index contributed by atoms with van der Waals surface area (Å²) in [6.07, 6.45) is 1.48. The van der Waals surface area contributed by atoms with Crippen molar-refractivity contribution >= 4 is 29.6 Å². The van der Waals surface area contributed by atoms with E-state index >= 15 is 0 Å². The van der Waals surface area contributed by atoms with Crippen LogP contribution in [0.2, 0.25) is 5.02 Å². The van der Waals surface area contributed by atoms with Gasteiger partial charge in [0.05, 0.1) is 12.8 Å². The van der Waals surface area contributed by atoms with E-state index < -0.39 is 5.91 Å². The van der Waals surface area contributed by atoms with Crippen molar-refractivity contribution in [2.75, 3.05) is 6.54 Å². The van der Waals surface area contributed by atoms with Crippen molar-refractivity contribution in [3.05, 3.63) is 70.2 Å². The molecule has 26 heavy (non-hydrogen) atoms. The summed E-state index contributed by atoms with van der Waals surface area (Å²) >= 11 is 5.87. The highest BCUT2D eigenvalue weighted by atomic mass is 35.5. The molecule has 2 amide bonds. The molecule has 2 aromatic rings. The molecule has 0 fully saturated rings. The van der Waals surface area contributed by atoms with E-state index in [1.807, 2.05) is 18.2 Å². The maximum atomic E-state index is 12.1. The zero-order valence-electron chi connectivity index (χ0n) is 15.0. The third-order valence-electron chi connectivity index (χ3n) is 3.67. The van der Waals surface area contributed by atoms with E-state index in [1.165, 1.54) is 6.21 Å². The summed E-state index contributed by atoms with van der Waals surface area (Å²) in [5.41, 5.74) is 4.80. The van der Waals surface area contributed by atoms with Crippen LogP contribution in [0.4, 0.5) is 0 Å². The predicted octanol–water partition coefficient (Wildman–Crippen LogP) is 3.52. The fourth-order valence-corrected chi connectivity index (χ4v) is 2.39. The smallest absolute Gasteiger partial charge is 0.259 e. The van der Waals surface area contributed by atoms with Crippen molar-refractivity contribution in [1.29, 1.82) is 0 Å². The normalized spacial score (nSPS) is 11.4. The molecule has 0 unspecified atom stereocenters. The summed E-state index contributed by atoms with van der Waals surface area (Å²) in [5, 5.41) is 6.99. The second-order valence-corrected chi connectivity index (χ2v) is 7.29. The maximum Gasteiger partial charge on any atom is 0.259 e. The molecule has 6 heteroatoms. The molecule has 0 saturated carbocycles. The second kappa shape index (κ2) is 8.63. The molecule has 2 aromatic carbocycles. The third-order valence-corrected chi connectivity index (χ3v) is 3.91. The number of hydrogen-bond acceptors (Lipinski definition) is 3. The summed E-state index contributed by atoms with van der Waals surface area (Å²) in [7, 11) is 0. The van der Waals surface area contributed by atoms with Crippen LogP contribution in [-0.2, 0) is 10.2 Å². The quantitative estimate of drug-likeness (QED) is 0.623. The van der Waals surface area contributed by atoms with Crippen LogP contribution < -0.4 is 10.7 Å². The van der Waals surface area contributed by atoms with Gasteiger partial charge in [0.2, 0.25) is 0 Å². The van der Waals surface area contributed by atoms with Crippen molar-refractivity contribution in [1.82, 2.24) is 10.7 Å². The molecule has 0 heterocycles. The van der Waals surface area contributed by atoms with Crippen LogP contribution in [0.5, 0.6) is 0 Å². The van der Waals surface area contributed by atoms with Crippen molar-refractivity contribution in [3.8, 4) is 0 Å². The minimum atomic E-state index is -0.414. The van der Waals surface area contributed by atoms with Gasteiger partial charge in [-0.3, -0.25) is 9.59 Å². The Morgan fingerprint density at radius 1 is 1.12 bits per heavy atom. The zero-order valence-corrected chi connectivity index (χ0v) is 15.8. The molecule has 2 rings (SSSR count). The van der Waals surface area contributed by atoms with Crippen molar-refractivity contribution < 1.29 is 9.59 Å². The number of benzene rings is 2. The molecule has 0 aliphatic carbocycles. The molecule has 0 saturated heterocycles. The van der Waals surface area contributed by atoms with E-state index in [-0.39, 0.29) is 17.9 Å². The number of nitrogens with one attached hydrogen (secondary N) is 2. The van der Waals surface area contributed by atoms with Gasteiger partial charge in [0, 0.05) is 10.6 Å². The van der Waals surface area contributed by atoms with Crippen molar-refractivity contribution in [2.45, 2.75) is 26.2 Å². The van der Waals surface area contributed by atoms with Crippen LogP contribution in [0.25, 0.3) is 0 Å². The minimum Gasteiger partial charge on any atom is -0.343 e. The summed E-state index contributed by atoms with van der Waals surface area (Å²) in [4.78, 5) is 23.9. The average molecular weight is 372 g/mol. The van der Waals surface area contributed by atoms with Crippen LogP contribution in [0.1, 0.15) is 42.3 Å². The number of rotatable bonds is 5. The highest BCUT2D eigenvalue weighted by Crippen LogP contribution is 2.22. The SMILES string of the molecule is CC(C)(C)c1ccc(C(=O)NCC(=O)NN=Cc2cccc(Cl)c2)cc1. The van der Waals surface area contributed by atoms with Crippen LogP contribution in [0.3, 0.4) is 0 Å². The fourth-order valence-electron chi connectivity index (χ4n) is 2.19. The van der Waals surface area contributed by atoms with Crippen LogP contribution in [0, 0.1) is 0 Å². The van der Waals surface area contributed by atoms with Gasteiger partial charge < -0.3 is 5.32 Å². The van der Waals surface area contributed by atoms with E-state index in [2.05, 4.69) is 36.6 Å². The summed E-state index contributed by atoms with van der Waals surface area (Å²) < 4.78 is 0. The first kappa shape index (κ1) is 19.7. The van der Waals surface area contributed by atoms with Gasteiger partial charge >= 0.3 is 0 Å². The maximum absolute atomic E-state index is 12.1. The largest absolute Gasteiger partial charge is 0.343 e. The lowest BCUT2D eigenvalue weighted by atomic mass is 9.87. The average Bonchev–Trinajstić information content (AvgIpc) is 2.59. The van der Waals surface area contributed by atoms with Crippen LogP contribution in [0.15, 0.2) is 53.6 Å². The lowest BCUT2D eigenvalue weighted by molar-refractivity contribution is -0.120. The Morgan fingerprint density at radius 3 is 2.42 bits per heavy atom. The molecule has 0 spiro atoms. The lowest BCUT2D eigenvalue weighted by Gasteiger charge is -2.19. The Bertz CT molecular complexity index is 809. The number of hydrazone groups is 1. The van der Waals surface area contributed by atoms with Gasteiger partial charge in [-0.15, -0.1) is 0 Å². The van der Waals surface area contributed by atoms with Gasteiger partial charge in [-0.2, -0.15) is 5.10 Å². The summed E-state index contributed by atoms with van der Waals surface area (Å²) in [6, 6.07) is 14.4. The summed E-state index contributed by atoms with van der Waals surface area (Å²) in [5.74, 6) is -0.720. The molecule has 0 aliphatic rings. The van der Waals surface area contributed by atoms with E-state index in [4.69, 9.17) is 11.6 Å². The van der Waals surface area contributed by atoms with E-state index in [0.717, 1.165) is 11.1 Å². The Labute approximate surface area is 158 Å². The van der Waals surface area contributed by atoms with Gasteiger partial charge in [0.25, 0.3) is 11.8 Å². The number of halogens is 1. The van der Waals surface area contributed by atoms with Gasteiger partial charge in [-0.05, 0) is 40.8 Å². The Morgan fingerprint density at radius 2 is 1.81 bits per heavy atom. The zero-order chi connectivity index (χ0) is 19.2. The first-order valence-electron chi connectivity index (χ1n) is 8.22. The Hall–Kier alpha value is -2.66. The molecule has 0 atom stereocenters. The molecule has 2 N–H and O–H groups in total. The van der Waals surface area contributed by atoms with E-state index in [9.17, 15) is 9.59 Å². The molecule has 0 bridgehead atoms. The molecule has 136 valence electrons. The highest BCUT2D eigenvalue weighted by Gasteiger charge is 2.14. The van der Waals surface area contributed by atoms with Gasteiger partial charge in [0.15, 0.2) is 0 Å². The molecule has 0 aliphatic heterocycles. The molecular formula is C20H22ClN3O2. The first-order valence-corrected chi connectivity index (χ1v) is 8.60. The standard InChI is InChI=1S/C20H22ClN3O2/c1-20(2,3)16-9-7-15(8-10-16)19(26)22-13-18(25)24-23-12-14-5-4-6-17(21)11-14/h4-12H,13H2,1-3H3,(H,22,26)(H,24,25). The third kappa shape index (κ3) is 6.01. The highest BCUT2D eigenvalue weighted by molar-refractivity contribution is 6.30. The molecular weight excluding hydrogens is 350 g/mol. The Balaban J connectivity index is 1.82. The number of carbonyl (C=O) groups excluding carboxylic acids is 2.